The van der Waals surface area contributed by atoms with Crippen molar-refractivity contribution in [2.24, 2.45) is 0 Å². The third-order valence-electron chi connectivity index (χ3n) is 4.02. The van der Waals surface area contributed by atoms with Crippen LogP contribution in [0.2, 0.25) is 0 Å². The molecule has 132 valence electrons. The van der Waals surface area contributed by atoms with Gasteiger partial charge in [-0.2, -0.15) is 0 Å². The lowest BCUT2D eigenvalue weighted by atomic mass is 10.1. The van der Waals surface area contributed by atoms with Gasteiger partial charge in [0.25, 0.3) is 0 Å². The standard InChI is InChI=1S/C22H15NO3S/c24-22(25)20-14-27-21(23-20)17-8-12-19(13-9-17)26-18-10-6-16(7-11-18)15-4-2-1-3-5-15/h1-14H,(H,24,25). The number of aromatic nitrogens is 1. The van der Waals surface area contributed by atoms with E-state index < -0.39 is 5.97 Å². The van der Waals surface area contributed by atoms with Gasteiger partial charge in [-0.05, 0) is 47.5 Å². The summed E-state index contributed by atoms with van der Waals surface area (Å²) in [5.74, 6) is 0.447. The van der Waals surface area contributed by atoms with E-state index in [-0.39, 0.29) is 5.69 Å². The fourth-order valence-corrected chi connectivity index (χ4v) is 3.45. The minimum atomic E-state index is -1.02. The average Bonchev–Trinajstić information content (AvgIpc) is 3.20. The molecule has 0 aliphatic heterocycles. The number of hydrogen-bond acceptors (Lipinski definition) is 4. The number of benzene rings is 3. The van der Waals surface area contributed by atoms with Crippen molar-refractivity contribution in [1.82, 2.24) is 4.98 Å². The molecule has 1 N–H and O–H groups in total. The van der Waals surface area contributed by atoms with Crippen molar-refractivity contribution in [3.05, 3.63) is 89.9 Å². The molecule has 0 saturated heterocycles. The number of nitrogens with zero attached hydrogens (tertiary/aromatic N) is 1. The molecular formula is C22H15NO3S. The zero-order valence-electron chi connectivity index (χ0n) is 14.2. The van der Waals surface area contributed by atoms with E-state index in [1.54, 1.807) is 0 Å². The fraction of sp³-hybridized carbons (Fsp3) is 0. The van der Waals surface area contributed by atoms with Gasteiger partial charge in [0, 0.05) is 10.9 Å². The van der Waals surface area contributed by atoms with E-state index in [1.807, 2.05) is 66.7 Å². The van der Waals surface area contributed by atoms with E-state index in [9.17, 15) is 4.79 Å². The fourth-order valence-electron chi connectivity index (χ4n) is 2.65. The first-order chi connectivity index (χ1) is 13.2. The number of ether oxygens (including phenoxy) is 1. The quantitative estimate of drug-likeness (QED) is 0.468. The molecule has 0 atom stereocenters. The van der Waals surface area contributed by atoms with E-state index in [4.69, 9.17) is 9.84 Å². The molecule has 0 aliphatic carbocycles. The summed E-state index contributed by atoms with van der Waals surface area (Å²) < 4.78 is 5.89. The molecule has 4 rings (SSSR count). The first-order valence-corrected chi connectivity index (χ1v) is 9.19. The number of hydrogen-bond donors (Lipinski definition) is 1. The van der Waals surface area contributed by atoms with E-state index >= 15 is 0 Å². The monoisotopic (exact) mass is 373 g/mol. The molecule has 1 heterocycles. The molecule has 0 saturated carbocycles. The Balaban J connectivity index is 1.47. The highest BCUT2D eigenvalue weighted by molar-refractivity contribution is 7.13. The van der Waals surface area contributed by atoms with Crippen LogP contribution in [-0.2, 0) is 0 Å². The summed E-state index contributed by atoms with van der Waals surface area (Å²) in [4.78, 5) is 15.1. The van der Waals surface area contributed by atoms with Crippen LogP contribution in [0.3, 0.4) is 0 Å². The van der Waals surface area contributed by atoms with Gasteiger partial charge in [0.1, 0.15) is 16.5 Å². The highest BCUT2D eigenvalue weighted by Gasteiger charge is 2.10. The molecule has 0 radical (unpaired) electrons. The maximum atomic E-state index is 10.9. The van der Waals surface area contributed by atoms with Crippen molar-refractivity contribution >= 4 is 17.3 Å². The summed E-state index contributed by atoms with van der Waals surface area (Å²) in [5, 5.41) is 11.2. The van der Waals surface area contributed by atoms with E-state index in [0.29, 0.717) is 10.8 Å². The highest BCUT2D eigenvalue weighted by atomic mass is 32.1. The predicted molar refractivity (Wildman–Crippen MR) is 106 cm³/mol. The van der Waals surface area contributed by atoms with Gasteiger partial charge in [-0.3, -0.25) is 0 Å². The Bertz CT molecular complexity index is 1050. The topological polar surface area (TPSA) is 59.4 Å². The van der Waals surface area contributed by atoms with E-state index in [0.717, 1.165) is 22.4 Å². The zero-order valence-corrected chi connectivity index (χ0v) is 15.0. The molecule has 0 fully saturated rings. The van der Waals surface area contributed by atoms with Gasteiger partial charge in [0.15, 0.2) is 5.69 Å². The molecule has 27 heavy (non-hydrogen) atoms. The average molecular weight is 373 g/mol. The summed E-state index contributed by atoms with van der Waals surface area (Å²) in [7, 11) is 0. The number of carboxylic acids is 1. The number of aromatic carboxylic acids is 1. The Morgan fingerprint density at radius 2 is 1.33 bits per heavy atom. The van der Waals surface area contributed by atoms with Gasteiger partial charge in [0.05, 0.1) is 0 Å². The Morgan fingerprint density at radius 3 is 1.89 bits per heavy atom. The first kappa shape index (κ1) is 17.0. The Labute approximate surface area is 160 Å². The normalized spacial score (nSPS) is 10.5. The third-order valence-corrected chi connectivity index (χ3v) is 4.91. The van der Waals surface area contributed by atoms with Crippen LogP contribution in [0.15, 0.2) is 84.2 Å². The molecule has 3 aromatic carbocycles. The molecule has 0 amide bonds. The maximum absolute atomic E-state index is 10.9. The number of rotatable bonds is 5. The second kappa shape index (κ2) is 7.43. The zero-order chi connectivity index (χ0) is 18.6. The second-order valence-corrected chi connectivity index (χ2v) is 6.72. The SMILES string of the molecule is O=C(O)c1csc(-c2ccc(Oc3ccc(-c4ccccc4)cc3)cc2)n1. The highest BCUT2D eigenvalue weighted by Crippen LogP contribution is 2.29. The van der Waals surface area contributed by atoms with Crippen molar-refractivity contribution in [3.8, 4) is 33.2 Å². The first-order valence-electron chi connectivity index (χ1n) is 8.32. The molecular weight excluding hydrogens is 358 g/mol. The molecule has 5 heteroatoms. The maximum Gasteiger partial charge on any atom is 0.355 e. The minimum absolute atomic E-state index is 0.0637. The number of carbonyl (C=O) groups is 1. The van der Waals surface area contributed by atoms with Crippen molar-refractivity contribution < 1.29 is 14.6 Å². The van der Waals surface area contributed by atoms with Crippen molar-refractivity contribution in [2.75, 3.05) is 0 Å². The second-order valence-electron chi connectivity index (χ2n) is 5.86. The van der Waals surface area contributed by atoms with Gasteiger partial charge in [-0.15, -0.1) is 11.3 Å². The smallest absolute Gasteiger partial charge is 0.355 e. The van der Waals surface area contributed by atoms with Gasteiger partial charge in [0.2, 0.25) is 0 Å². The summed E-state index contributed by atoms with van der Waals surface area (Å²) in [6.07, 6.45) is 0. The molecule has 0 unspecified atom stereocenters. The molecule has 4 nitrogen and oxygen atoms in total. The van der Waals surface area contributed by atoms with Crippen LogP contribution in [0, 0.1) is 0 Å². The van der Waals surface area contributed by atoms with Crippen LogP contribution in [0.25, 0.3) is 21.7 Å². The molecule has 4 aromatic rings. The lowest BCUT2D eigenvalue weighted by molar-refractivity contribution is 0.0691. The van der Waals surface area contributed by atoms with Crippen molar-refractivity contribution in [3.63, 3.8) is 0 Å². The van der Waals surface area contributed by atoms with Gasteiger partial charge < -0.3 is 9.84 Å². The Hall–Kier alpha value is -3.44. The van der Waals surface area contributed by atoms with Gasteiger partial charge >= 0.3 is 5.97 Å². The number of thiazole rings is 1. The van der Waals surface area contributed by atoms with Crippen LogP contribution >= 0.6 is 11.3 Å². The van der Waals surface area contributed by atoms with Crippen LogP contribution in [0.4, 0.5) is 0 Å². The molecule has 0 bridgehead atoms. The predicted octanol–water partition coefficient (Wildman–Crippen LogP) is 5.97. The summed E-state index contributed by atoms with van der Waals surface area (Å²) >= 11 is 1.31. The van der Waals surface area contributed by atoms with E-state index in [2.05, 4.69) is 17.1 Å². The lowest BCUT2D eigenvalue weighted by Gasteiger charge is -2.07. The van der Waals surface area contributed by atoms with Crippen molar-refractivity contribution in [1.29, 1.82) is 0 Å². The van der Waals surface area contributed by atoms with Crippen LogP contribution in [0.1, 0.15) is 10.5 Å². The van der Waals surface area contributed by atoms with E-state index in [1.165, 1.54) is 16.7 Å². The minimum Gasteiger partial charge on any atom is -0.476 e. The van der Waals surface area contributed by atoms with Crippen LogP contribution in [-0.4, -0.2) is 16.1 Å². The third kappa shape index (κ3) is 3.88. The van der Waals surface area contributed by atoms with Gasteiger partial charge in [-0.1, -0.05) is 42.5 Å². The van der Waals surface area contributed by atoms with Crippen LogP contribution in [0.5, 0.6) is 11.5 Å². The lowest BCUT2D eigenvalue weighted by Crippen LogP contribution is -1.95. The van der Waals surface area contributed by atoms with Crippen molar-refractivity contribution in [2.45, 2.75) is 0 Å². The van der Waals surface area contributed by atoms with Crippen LogP contribution < -0.4 is 4.74 Å². The molecule has 0 spiro atoms. The number of carboxylic acid groups (broad SMARTS) is 1. The summed E-state index contributed by atoms with van der Waals surface area (Å²) in [6, 6.07) is 25.6. The van der Waals surface area contributed by atoms with Gasteiger partial charge in [-0.25, -0.2) is 9.78 Å². The molecule has 0 aliphatic rings. The summed E-state index contributed by atoms with van der Waals surface area (Å²) in [5.41, 5.74) is 3.22. The Morgan fingerprint density at radius 1 is 0.778 bits per heavy atom. The molecule has 1 aromatic heterocycles. The summed E-state index contributed by atoms with van der Waals surface area (Å²) in [6.45, 7) is 0. The largest absolute Gasteiger partial charge is 0.476 e. The Kier molecular flexibility index (Phi) is 4.68.